The van der Waals surface area contributed by atoms with Gasteiger partial charge in [-0.1, -0.05) is 6.07 Å². The van der Waals surface area contributed by atoms with Gasteiger partial charge in [-0.3, -0.25) is 14.3 Å². The molecule has 0 radical (unpaired) electrons. The second kappa shape index (κ2) is 5.74. The summed E-state index contributed by atoms with van der Waals surface area (Å²) in [7, 11) is 1.73. The number of hydrogen-bond donors (Lipinski definition) is 0. The van der Waals surface area contributed by atoms with Gasteiger partial charge in [0.05, 0.1) is 16.6 Å². The number of ether oxygens (including phenoxy) is 1. The number of pyridine rings is 1. The summed E-state index contributed by atoms with van der Waals surface area (Å²) in [6.45, 7) is 7.83. The fourth-order valence-electron chi connectivity index (χ4n) is 2.53. The molecular formula is C19H21N3O2. The van der Waals surface area contributed by atoms with Crippen molar-refractivity contribution in [1.29, 1.82) is 0 Å². The molecule has 5 heteroatoms. The zero-order valence-corrected chi connectivity index (χ0v) is 14.6. The molecule has 0 aliphatic rings. The molecule has 24 heavy (non-hydrogen) atoms. The molecule has 0 saturated heterocycles. The van der Waals surface area contributed by atoms with Crippen LogP contribution in [0.3, 0.4) is 0 Å². The van der Waals surface area contributed by atoms with E-state index >= 15 is 0 Å². The summed E-state index contributed by atoms with van der Waals surface area (Å²) in [5.41, 5.74) is 1.99. The van der Waals surface area contributed by atoms with Crippen LogP contribution in [0.5, 0.6) is 5.75 Å². The Morgan fingerprint density at radius 2 is 1.88 bits per heavy atom. The highest BCUT2D eigenvalue weighted by atomic mass is 16.5. The Bertz CT molecular complexity index is 968. The van der Waals surface area contributed by atoms with E-state index in [0.717, 1.165) is 17.0 Å². The first-order valence-electron chi connectivity index (χ1n) is 7.87. The number of nitrogens with zero attached hydrogens (tertiary/aromatic N) is 3. The van der Waals surface area contributed by atoms with Crippen LogP contribution in [-0.4, -0.2) is 20.1 Å². The highest BCUT2D eigenvalue weighted by molar-refractivity contribution is 5.83. The molecule has 0 fully saturated rings. The maximum atomic E-state index is 12.5. The van der Waals surface area contributed by atoms with Gasteiger partial charge in [0.2, 0.25) is 0 Å². The van der Waals surface area contributed by atoms with Crippen LogP contribution in [0.25, 0.3) is 22.2 Å². The third-order valence-corrected chi connectivity index (χ3v) is 3.75. The van der Waals surface area contributed by atoms with E-state index in [2.05, 4.69) is 9.97 Å². The van der Waals surface area contributed by atoms with Crippen molar-refractivity contribution in [2.45, 2.75) is 33.3 Å². The minimum Gasteiger partial charge on any atom is -0.488 e. The van der Waals surface area contributed by atoms with Crippen molar-refractivity contribution in [2.75, 3.05) is 0 Å². The van der Waals surface area contributed by atoms with E-state index in [1.165, 1.54) is 0 Å². The minimum atomic E-state index is -0.278. The van der Waals surface area contributed by atoms with Gasteiger partial charge in [0.15, 0.2) is 0 Å². The smallest absolute Gasteiger partial charge is 0.261 e. The van der Waals surface area contributed by atoms with Gasteiger partial charge in [-0.15, -0.1) is 0 Å². The largest absolute Gasteiger partial charge is 0.488 e. The first kappa shape index (κ1) is 16.2. The lowest BCUT2D eigenvalue weighted by atomic mass is 10.1. The first-order valence-corrected chi connectivity index (χ1v) is 7.87. The van der Waals surface area contributed by atoms with Crippen LogP contribution in [0.2, 0.25) is 0 Å². The molecule has 0 bridgehead atoms. The van der Waals surface area contributed by atoms with Gasteiger partial charge in [0, 0.05) is 24.9 Å². The molecule has 0 amide bonds. The summed E-state index contributed by atoms with van der Waals surface area (Å²) in [6, 6.07) is 9.35. The number of aryl methyl sites for hydroxylation is 1. The van der Waals surface area contributed by atoms with E-state index in [0.29, 0.717) is 16.7 Å². The molecule has 5 nitrogen and oxygen atoms in total. The summed E-state index contributed by atoms with van der Waals surface area (Å²) in [5.74, 6) is 1.45. The predicted molar refractivity (Wildman–Crippen MR) is 95.3 cm³/mol. The maximum Gasteiger partial charge on any atom is 0.261 e. The van der Waals surface area contributed by atoms with Gasteiger partial charge in [-0.2, -0.15) is 0 Å². The average molecular weight is 323 g/mol. The third-order valence-electron chi connectivity index (χ3n) is 3.75. The molecule has 3 aromatic rings. The Kier molecular flexibility index (Phi) is 3.87. The number of fused-ring (bicyclic) bond motifs is 1. The van der Waals surface area contributed by atoms with Gasteiger partial charge >= 0.3 is 0 Å². The summed E-state index contributed by atoms with van der Waals surface area (Å²) >= 11 is 0. The highest BCUT2D eigenvalue weighted by Crippen LogP contribution is 2.25. The van der Waals surface area contributed by atoms with Crippen LogP contribution >= 0.6 is 0 Å². The van der Waals surface area contributed by atoms with Crippen LogP contribution in [0.15, 0.2) is 41.3 Å². The summed E-state index contributed by atoms with van der Waals surface area (Å²) in [5, 5.41) is 0.588. The maximum absolute atomic E-state index is 12.5. The zero-order chi connectivity index (χ0) is 17.5. The normalized spacial score (nSPS) is 11.7. The Hall–Kier alpha value is -2.69. The van der Waals surface area contributed by atoms with Crippen molar-refractivity contribution in [3.05, 3.63) is 52.7 Å². The number of hydrogen-bond acceptors (Lipinski definition) is 4. The summed E-state index contributed by atoms with van der Waals surface area (Å²) in [4.78, 5) is 21.3. The molecule has 2 aromatic heterocycles. The van der Waals surface area contributed by atoms with E-state index < -0.39 is 0 Å². The van der Waals surface area contributed by atoms with Gasteiger partial charge in [0.1, 0.15) is 17.2 Å². The lowest BCUT2D eigenvalue weighted by molar-refractivity contribution is 0.131. The fraction of sp³-hybridized carbons (Fsp3) is 0.316. The van der Waals surface area contributed by atoms with E-state index in [1.54, 1.807) is 17.8 Å². The highest BCUT2D eigenvalue weighted by Gasteiger charge is 2.13. The van der Waals surface area contributed by atoms with Crippen molar-refractivity contribution in [3.8, 4) is 17.0 Å². The molecule has 3 rings (SSSR count). The van der Waals surface area contributed by atoms with Gasteiger partial charge in [-0.25, -0.2) is 4.98 Å². The molecule has 0 unspecified atom stereocenters. The molecular weight excluding hydrogens is 302 g/mol. The Morgan fingerprint density at radius 3 is 2.58 bits per heavy atom. The Balaban J connectivity index is 2.10. The topological polar surface area (TPSA) is 57.0 Å². The zero-order valence-electron chi connectivity index (χ0n) is 14.6. The van der Waals surface area contributed by atoms with Crippen molar-refractivity contribution < 1.29 is 4.74 Å². The molecule has 0 saturated carbocycles. The number of benzene rings is 1. The quantitative estimate of drug-likeness (QED) is 0.724. The monoisotopic (exact) mass is 323 g/mol. The lowest BCUT2D eigenvalue weighted by Gasteiger charge is -2.21. The van der Waals surface area contributed by atoms with E-state index in [4.69, 9.17) is 4.74 Å². The SMILES string of the molecule is Cc1nc2ccc(-c3cc(OC(C)(C)C)ccn3)cc2c(=O)n1C. The van der Waals surface area contributed by atoms with Crippen molar-refractivity contribution in [2.24, 2.45) is 7.05 Å². The lowest BCUT2D eigenvalue weighted by Crippen LogP contribution is -2.22. The second-order valence-corrected chi connectivity index (χ2v) is 6.85. The number of aromatic nitrogens is 3. The van der Waals surface area contributed by atoms with Crippen LogP contribution < -0.4 is 10.3 Å². The van der Waals surface area contributed by atoms with Crippen LogP contribution in [0.1, 0.15) is 26.6 Å². The van der Waals surface area contributed by atoms with E-state index in [1.807, 2.05) is 58.0 Å². The standard InChI is InChI=1S/C19H21N3O2/c1-12-21-16-7-6-13(10-15(16)18(23)22(12)5)17-11-14(8-9-20-17)24-19(2,3)4/h6-11H,1-5H3. The van der Waals surface area contributed by atoms with Crippen molar-refractivity contribution >= 4 is 10.9 Å². The van der Waals surface area contributed by atoms with E-state index in [-0.39, 0.29) is 11.2 Å². The Labute approximate surface area is 141 Å². The second-order valence-electron chi connectivity index (χ2n) is 6.85. The first-order chi connectivity index (χ1) is 11.2. The molecule has 0 N–H and O–H groups in total. The molecule has 0 aliphatic carbocycles. The van der Waals surface area contributed by atoms with Crippen LogP contribution in [0.4, 0.5) is 0 Å². The molecule has 0 aliphatic heterocycles. The molecule has 2 heterocycles. The summed E-state index contributed by atoms with van der Waals surface area (Å²) in [6.07, 6.45) is 1.71. The van der Waals surface area contributed by atoms with Gasteiger partial charge < -0.3 is 4.74 Å². The van der Waals surface area contributed by atoms with Gasteiger partial charge in [-0.05, 0) is 45.9 Å². The van der Waals surface area contributed by atoms with E-state index in [9.17, 15) is 4.79 Å². The fourth-order valence-corrected chi connectivity index (χ4v) is 2.53. The third kappa shape index (κ3) is 3.15. The molecule has 1 aromatic carbocycles. The predicted octanol–water partition coefficient (Wildman–Crippen LogP) is 3.48. The van der Waals surface area contributed by atoms with Crippen molar-refractivity contribution in [3.63, 3.8) is 0 Å². The number of rotatable bonds is 2. The van der Waals surface area contributed by atoms with Gasteiger partial charge in [0.25, 0.3) is 5.56 Å². The molecule has 0 atom stereocenters. The Morgan fingerprint density at radius 1 is 1.12 bits per heavy atom. The van der Waals surface area contributed by atoms with Crippen LogP contribution in [-0.2, 0) is 7.05 Å². The van der Waals surface area contributed by atoms with Crippen molar-refractivity contribution in [1.82, 2.24) is 14.5 Å². The molecule has 0 spiro atoms. The molecule has 124 valence electrons. The summed E-state index contributed by atoms with van der Waals surface area (Å²) < 4.78 is 7.45. The average Bonchev–Trinajstić information content (AvgIpc) is 2.51. The van der Waals surface area contributed by atoms with Crippen LogP contribution in [0, 0.1) is 6.92 Å². The minimum absolute atomic E-state index is 0.0542.